The average Bonchev–Trinajstić information content (AvgIpc) is 3.23. The van der Waals surface area contributed by atoms with E-state index in [9.17, 15) is 9.59 Å². The number of nitrogens with zero attached hydrogens (tertiary/aromatic N) is 4. The topological polar surface area (TPSA) is 71.6 Å². The first-order valence-electron chi connectivity index (χ1n) is 9.25. The Morgan fingerprint density at radius 2 is 1.62 bits per heavy atom. The molecule has 0 bridgehead atoms. The first kappa shape index (κ1) is 16.9. The monoisotopic (exact) mass is 356 g/mol. The molecule has 4 rings (SSSR count). The van der Waals surface area contributed by atoms with Gasteiger partial charge in [-0.25, -0.2) is 0 Å². The van der Waals surface area contributed by atoms with Gasteiger partial charge in [0.25, 0.3) is 11.8 Å². The fourth-order valence-corrected chi connectivity index (χ4v) is 3.90. The molecule has 0 spiro atoms. The molecule has 2 amide bonds. The third-order valence-corrected chi connectivity index (χ3v) is 5.34. The Kier molecular flexibility index (Phi) is 4.30. The lowest BCUT2D eigenvalue weighted by Gasteiger charge is -2.34. The van der Waals surface area contributed by atoms with Gasteiger partial charge in [0.15, 0.2) is 0 Å². The Balaban J connectivity index is 1.42. The average molecular weight is 356 g/mol. The number of piperazine rings is 1. The van der Waals surface area contributed by atoms with Crippen LogP contribution in [0.15, 0.2) is 16.7 Å². The van der Waals surface area contributed by atoms with Crippen LogP contribution in [0.4, 0.5) is 0 Å². The number of hydrogen-bond donors (Lipinski definition) is 0. The van der Waals surface area contributed by atoms with Gasteiger partial charge in [0.1, 0.15) is 11.5 Å². The molecule has 0 aromatic carbocycles. The Hall–Kier alpha value is -2.57. The van der Waals surface area contributed by atoms with Crippen LogP contribution < -0.4 is 0 Å². The highest BCUT2D eigenvalue weighted by molar-refractivity contribution is 5.97. The van der Waals surface area contributed by atoms with E-state index in [2.05, 4.69) is 5.10 Å². The molecule has 2 aromatic heterocycles. The fraction of sp³-hybridized carbons (Fsp3) is 0.526. The SMILES string of the molecule is Cc1cc(C(=O)N2CCN(C(=O)c3cnn4c3CCCC4)CC2)c(C)o1. The van der Waals surface area contributed by atoms with Crippen molar-refractivity contribution in [3.05, 3.63) is 40.6 Å². The molecule has 0 saturated carbocycles. The van der Waals surface area contributed by atoms with E-state index in [1.54, 1.807) is 17.2 Å². The summed E-state index contributed by atoms with van der Waals surface area (Å²) in [6, 6.07) is 1.79. The first-order valence-corrected chi connectivity index (χ1v) is 9.25. The van der Waals surface area contributed by atoms with Gasteiger partial charge in [-0.1, -0.05) is 0 Å². The Morgan fingerprint density at radius 3 is 2.23 bits per heavy atom. The van der Waals surface area contributed by atoms with Crippen molar-refractivity contribution in [2.24, 2.45) is 0 Å². The zero-order valence-corrected chi connectivity index (χ0v) is 15.3. The van der Waals surface area contributed by atoms with Crippen molar-refractivity contribution in [3.63, 3.8) is 0 Å². The van der Waals surface area contributed by atoms with E-state index in [4.69, 9.17) is 4.42 Å². The number of aryl methyl sites for hydroxylation is 3. The van der Waals surface area contributed by atoms with Gasteiger partial charge in [0, 0.05) is 32.7 Å². The number of aromatic nitrogens is 2. The van der Waals surface area contributed by atoms with Crippen LogP contribution in [0, 0.1) is 13.8 Å². The van der Waals surface area contributed by atoms with E-state index in [1.165, 1.54) is 0 Å². The maximum Gasteiger partial charge on any atom is 0.257 e. The highest BCUT2D eigenvalue weighted by atomic mass is 16.3. The van der Waals surface area contributed by atoms with Crippen LogP contribution in [0.1, 0.15) is 50.8 Å². The second kappa shape index (κ2) is 6.63. The number of carbonyl (C=O) groups is 2. The summed E-state index contributed by atoms with van der Waals surface area (Å²) >= 11 is 0. The van der Waals surface area contributed by atoms with E-state index < -0.39 is 0 Å². The lowest BCUT2D eigenvalue weighted by atomic mass is 10.1. The molecule has 0 atom stereocenters. The van der Waals surface area contributed by atoms with Crippen LogP contribution in [0.25, 0.3) is 0 Å². The zero-order chi connectivity index (χ0) is 18.3. The number of hydrogen-bond acceptors (Lipinski definition) is 4. The third kappa shape index (κ3) is 2.91. The molecular formula is C19H24N4O3. The molecule has 0 aliphatic carbocycles. The van der Waals surface area contributed by atoms with Gasteiger partial charge in [-0.2, -0.15) is 5.10 Å². The molecule has 26 heavy (non-hydrogen) atoms. The summed E-state index contributed by atoms with van der Waals surface area (Å²) in [5.74, 6) is 1.41. The van der Waals surface area contributed by atoms with E-state index >= 15 is 0 Å². The minimum Gasteiger partial charge on any atom is -0.466 e. The number of amides is 2. The smallest absolute Gasteiger partial charge is 0.257 e. The van der Waals surface area contributed by atoms with Gasteiger partial charge >= 0.3 is 0 Å². The van der Waals surface area contributed by atoms with E-state index in [1.807, 2.05) is 23.4 Å². The fourth-order valence-electron chi connectivity index (χ4n) is 3.90. The largest absolute Gasteiger partial charge is 0.466 e. The minimum absolute atomic E-state index is 0.0191. The summed E-state index contributed by atoms with van der Waals surface area (Å²) in [6.07, 6.45) is 4.85. The second-order valence-electron chi connectivity index (χ2n) is 7.10. The maximum atomic E-state index is 12.9. The molecule has 0 N–H and O–H groups in total. The molecule has 1 fully saturated rings. The van der Waals surface area contributed by atoms with Gasteiger partial charge in [-0.15, -0.1) is 0 Å². The van der Waals surface area contributed by atoms with Gasteiger partial charge in [-0.05, 0) is 39.2 Å². The molecule has 0 radical (unpaired) electrons. The second-order valence-corrected chi connectivity index (χ2v) is 7.10. The van der Waals surface area contributed by atoms with Gasteiger partial charge < -0.3 is 14.2 Å². The molecule has 7 heteroatoms. The zero-order valence-electron chi connectivity index (χ0n) is 15.3. The Labute approximate surface area is 152 Å². The molecular weight excluding hydrogens is 332 g/mol. The minimum atomic E-state index is -0.0191. The van der Waals surface area contributed by atoms with Crippen molar-refractivity contribution in [2.75, 3.05) is 26.2 Å². The van der Waals surface area contributed by atoms with E-state index in [0.29, 0.717) is 37.5 Å². The highest BCUT2D eigenvalue weighted by Gasteiger charge is 2.29. The van der Waals surface area contributed by atoms with Crippen molar-refractivity contribution in [1.82, 2.24) is 19.6 Å². The molecule has 2 aliphatic heterocycles. The lowest BCUT2D eigenvalue weighted by Crippen LogP contribution is -2.50. The van der Waals surface area contributed by atoms with Crippen LogP contribution in [-0.4, -0.2) is 57.6 Å². The number of carbonyl (C=O) groups excluding carboxylic acids is 2. The number of fused-ring (bicyclic) bond motifs is 1. The summed E-state index contributed by atoms with van der Waals surface area (Å²) in [5.41, 5.74) is 2.41. The summed E-state index contributed by atoms with van der Waals surface area (Å²) in [5, 5.41) is 4.36. The molecule has 2 aromatic rings. The molecule has 0 unspecified atom stereocenters. The first-order chi connectivity index (χ1) is 12.5. The highest BCUT2D eigenvalue weighted by Crippen LogP contribution is 2.21. The van der Waals surface area contributed by atoms with Crippen molar-refractivity contribution in [2.45, 2.75) is 39.7 Å². The molecule has 4 heterocycles. The third-order valence-electron chi connectivity index (χ3n) is 5.34. The maximum absolute atomic E-state index is 12.9. The van der Waals surface area contributed by atoms with Gasteiger partial charge in [-0.3, -0.25) is 14.3 Å². The lowest BCUT2D eigenvalue weighted by molar-refractivity contribution is 0.0533. The van der Waals surface area contributed by atoms with E-state index in [0.717, 1.165) is 42.8 Å². The summed E-state index contributed by atoms with van der Waals surface area (Å²) < 4.78 is 7.43. The van der Waals surface area contributed by atoms with Crippen molar-refractivity contribution >= 4 is 11.8 Å². The summed E-state index contributed by atoms with van der Waals surface area (Å²) in [4.78, 5) is 29.2. The summed E-state index contributed by atoms with van der Waals surface area (Å²) in [6.45, 7) is 6.72. The normalized spacial score (nSPS) is 17.3. The van der Waals surface area contributed by atoms with Crippen LogP contribution in [0.3, 0.4) is 0 Å². The quantitative estimate of drug-likeness (QED) is 0.825. The molecule has 1 saturated heterocycles. The van der Waals surface area contributed by atoms with Crippen LogP contribution >= 0.6 is 0 Å². The van der Waals surface area contributed by atoms with Crippen LogP contribution in [0.2, 0.25) is 0 Å². The predicted octanol–water partition coefficient (Wildman–Crippen LogP) is 2.03. The van der Waals surface area contributed by atoms with Crippen LogP contribution in [-0.2, 0) is 13.0 Å². The number of rotatable bonds is 2. The Bertz CT molecular complexity index is 843. The van der Waals surface area contributed by atoms with Crippen molar-refractivity contribution in [3.8, 4) is 0 Å². The molecule has 7 nitrogen and oxygen atoms in total. The van der Waals surface area contributed by atoms with Crippen LogP contribution in [0.5, 0.6) is 0 Å². The Morgan fingerprint density at radius 1 is 0.962 bits per heavy atom. The van der Waals surface area contributed by atoms with Crippen molar-refractivity contribution < 1.29 is 14.0 Å². The van der Waals surface area contributed by atoms with Gasteiger partial charge in [0.05, 0.1) is 23.0 Å². The standard InChI is InChI=1S/C19H24N4O3/c1-13-11-15(14(2)26-13)18(24)21-7-9-22(10-8-21)19(25)16-12-20-23-6-4-3-5-17(16)23/h11-12H,3-10H2,1-2H3. The van der Waals surface area contributed by atoms with E-state index in [-0.39, 0.29) is 11.8 Å². The van der Waals surface area contributed by atoms with Gasteiger partial charge in [0.2, 0.25) is 0 Å². The molecule has 2 aliphatic rings. The van der Waals surface area contributed by atoms with Crippen molar-refractivity contribution in [1.29, 1.82) is 0 Å². The number of furan rings is 1. The predicted molar refractivity (Wildman–Crippen MR) is 95.2 cm³/mol. The molecule has 138 valence electrons. The summed E-state index contributed by atoms with van der Waals surface area (Å²) in [7, 11) is 0.